The number of amides is 1. The van der Waals surface area contributed by atoms with E-state index in [9.17, 15) is 9.18 Å². The normalized spacial score (nSPS) is 16.7. The molecule has 2 heterocycles. The van der Waals surface area contributed by atoms with Crippen LogP contribution in [-0.4, -0.2) is 55.1 Å². The number of nitrogens with zero attached hydrogens (tertiary/aromatic N) is 2. The quantitative estimate of drug-likeness (QED) is 0.811. The first-order valence-electron chi connectivity index (χ1n) is 9.31. The minimum atomic E-state index is -0.449. The van der Waals surface area contributed by atoms with Gasteiger partial charge in [-0.05, 0) is 29.3 Å². The van der Waals surface area contributed by atoms with Crippen molar-refractivity contribution in [1.82, 2.24) is 9.80 Å². The van der Waals surface area contributed by atoms with Crippen LogP contribution in [0.2, 0.25) is 0 Å². The summed E-state index contributed by atoms with van der Waals surface area (Å²) in [6, 6.07) is 12.5. The molecule has 2 aliphatic rings. The maximum absolute atomic E-state index is 13.6. The summed E-state index contributed by atoms with van der Waals surface area (Å²) in [5.74, 6) is 0.566. The first kappa shape index (κ1) is 17.8. The van der Waals surface area contributed by atoms with Gasteiger partial charge in [0, 0.05) is 39.1 Å². The molecule has 5 nitrogen and oxygen atoms in total. The second kappa shape index (κ2) is 7.96. The number of carbonyl (C=O) groups excluding carboxylic acids is 1. The van der Waals surface area contributed by atoms with Crippen LogP contribution in [0.5, 0.6) is 11.5 Å². The van der Waals surface area contributed by atoms with Crippen LogP contribution in [0.1, 0.15) is 11.1 Å². The fourth-order valence-electron chi connectivity index (χ4n) is 3.54. The number of ether oxygens (including phenoxy) is 2. The minimum Gasteiger partial charge on any atom is -0.493 e. The fourth-order valence-corrected chi connectivity index (χ4v) is 3.54. The molecule has 0 radical (unpaired) electrons. The van der Waals surface area contributed by atoms with Gasteiger partial charge in [-0.1, -0.05) is 24.3 Å². The van der Waals surface area contributed by atoms with Gasteiger partial charge in [0.05, 0.1) is 6.61 Å². The third-order valence-electron chi connectivity index (χ3n) is 5.07. The van der Waals surface area contributed by atoms with Crippen LogP contribution in [0, 0.1) is 5.82 Å². The SMILES string of the molecule is O=C(COc1ccccc1F)N1CCN(Cc2ccc3c(c2)CCO3)CC1. The summed E-state index contributed by atoms with van der Waals surface area (Å²) in [4.78, 5) is 16.5. The van der Waals surface area contributed by atoms with Crippen LogP contribution in [-0.2, 0) is 17.8 Å². The van der Waals surface area contributed by atoms with Gasteiger partial charge < -0.3 is 14.4 Å². The molecule has 27 heavy (non-hydrogen) atoms. The van der Waals surface area contributed by atoms with Gasteiger partial charge in [-0.15, -0.1) is 0 Å². The van der Waals surface area contributed by atoms with Gasteiger partial charge in [-0.25, -0.2) is 4.39 Å². The Bertz CT molecular complexity index is 819. The third-order valence-corrected chi connectivity index (χ3v) is 5.07. The van der Waals surface area contributed by atoms with Crippen molar-refractivity contribution in [1.29, 1.82) is 0 Å². The molecule has 1 amide bonds. The highest BCUT2D eigenvalue weighted by Gasteiger charge is 2.22. The number of hydrogen-bond acceptors (Lipinski definition) is 4. The van der Waals surface area contributed by atoms with E-state index in [-0.39, 0.29) is 18.3 Å². The summed E-state index contributed by atoms with van der Waals surface area (Å²) >= 11 is 0. The zero-order valence-corrected chi connectivity index (χ0v) is 15.2. The number of halogens is 1. The molecule has 2 aliphatic heterocycles. The molecule has 0 bridgehead atoms. The molecule has 0 saturated carbocycles. The molecule has 2 aromatic carbocycles. The van der Waals surface area contributed by atoms with E-state index >= 15 is 0 Å². The van der Waals surface area contributed by atoms with E-state index < -0.39 is 5.82 Å². The Morgan fingerprint density at radius 2 is 1.93 bits per heavy atom. The Hall–Kier alpha value is -2.60. The summed E-state index contributed by atoms with van der Waals surface area (Å²) in [6.45, 7) is 4.47. The summed E-state index contributed by atoms with van der Waals surface area (Å²) in [7, 11) is 0. The van der Waals surface area contributed by atoms with Crippen LogP contribution >= 0.6 is 0 Å². The minimum absolute atomic E-state index is 0.104. The fraction of sp³-hybridized carbons (Fsp3) is 0.381. The molecular formula is C21H23FN2O3. The predicted molar refractivity (Wildman–Crippen MR) is 99.4 cm³/mol. The second-order valence-corrected chi connectivity index (χ2v) is 6.92. The van der Waals surface area contributed by atoms with Crippen molar-refractivity contribution >= 4 is 5.91 Å². The molecule has 6 heteroatoms. The van der Waals surface area contributed by atoms with Gasteiger partial charge in [-0.2, -0.15) is 0 Å². The lowest BCUT2D eigenvalue weighted by Crippen LogP contribution is -2.49. The topological polar surface area (TPSA) is 42.0 Å². The smallest absolute Gasteiger partial charge is 0.260 e. The molecule has 142 valence electrons. The zero-order chi connectivity index (χ0) is 18.6. The van der Waals surface area contributed by atoms with Crippen LogP contribution in [0.25, 0.3) is 0 Å². The summed E-state index contributed by atoms with van der Waals surface area (Å²) < 4.78 is 24.4. The van der Waals surface area contributed by atoms with Crippen molar-refractivity contribution in [3.8, 4) is 11.5 Å². The second-order valence-electron chi connectivity index (χ2n) is 6.92. The number of rotatable bonds is 5. The van der Waals surface area contributed by atoms with E-state index in [0.29, 0.717) is 13.1 Å². The molecule has 1 fully saturated rings. The van der Waals surface area contributed by atoms with Gasteiger partial charge in [-0.3, -0.25) is 9.69 Å². The first-order chi connectivity index (χ1) is 13.2. The Balaban J connectivity index is 1.25. The molecule has 0 unspecified atom stereocenters. The Labute approximate surface area is 158 Å². The number of hydrogen-bond donors (Lipinski definition) is 0. The molecular weight excluding hydrogens is 347 g/mol. The molecule has 4 rings (SSSR count). The number of piperazine rings is 1. The van der Waals surface area contributed by atoms with Gasteiger partial charge >= 0.3 is 0 Å². The lowest BCUT2D eigenvalue weighted by molar-refractivity contribution is -0.135. The maximum atomic E-state index is 13.6. The van der Waals surface area contributed by atoms with Crippen LogP contribution in [0.3, 0.4) is 0 Å². The lowest BCUT2D eigenvalue weighted by atomic mass is 10.1. The number of benzene rings is 2. The van der Waals surface area contributed by atoms with Crippen LogP contribution < -0.4 is 9.47 Å². The highest BCUT2D eigenvalue weighted by atomic mass is 19.1. The van der Waals surface area contributed by atoms with E-state index in [1.165, 1.54) is 23.3 Å². The standard InChI is InChI=1S/C21H23FN2O3/c22-18-3-1-2-4-20(18)27-15-21(25)24-10-8-23(9-11-24)14-16-5-6-19-17(13-16)7-12-26-19/h1-6,13H,7-12,14-15H2. The van der Waals surface area contributed by atoms with E-state index in [2.05, 4.69) is 23.1 Å². The van der Waals surface area contributed by atoms with Crippen molar-refractivity contribution in [3.05, 3.63) is 59.4 Å². The maximum Gasteiger partial charge on any atom is 0.260 e. The molecule has 2 aromatic rings. The monoisotopic (exact) mass is 370 g/mol. The third kappa shape index (κ3) is 4.22. The van der Waals surface area contributed by atoms with E-state index in [1.54, 1.807) is 17.0 Å². The van der Waals surface area contributed by atoms with Crippen molar-refractivity contribution in [2.24, 2.45) is 0 Å². The van der Waals surface area contributed by atoms with E-state index in [1.807, 2.05) is 0 Å². The lowest BCUT2D eigenvalue weighted by Gasteiger charge is -2.34. The van der Waals surface area contributed by atoms with E-state index in [4.69, 9.17) is 9.47 Å². The molecule has 0 aliphatic carbocycles. The van der Waals surface area contributed by atoms with Crippen molar-refractivity contribution in [2.75, 3.05) is 39.4 Å². The predicted octanol–water partition coefficient (Wildman–Crippen LogP) is 2.48. The van der Waals surface area contributed by atoms with Crippen LogP contribution in [0.4, 0.5) is 4.39 Å². The average Bonchev–Trinajstić information content (AvgIpc) is 3.15. The van der Waals surface area contributed by atoms with Crippen molar-refractivity contribution < 1.29 is 18.7 Å². The summed E-state index contributed by atoms with van der Waals surface area (Å²) in [6.07, 6.45) is 0.980. The Kier molecular flexibility index (Phi) is 5.25. The van der Waals surface area contributed by atoms with Crippen LogP contribution in [0.15, 0.2) is 42.5 Å². The Morgan fingerprint density at radius 1 is 1.11 bits per heavy atom. The summed E-state index contributed by atoms with van der Waals surface area (Å²) in [5, 5.41) is 0. The number of carbonyl (C=O) groups is 1. The van der Waals surface area contributed by atoms with Gasteiger partial charge in [0.15, 0.2) is 18.2 Å². The van der Waals surface area contributed by atoms with Gasteiger partial charge in [0.25, 0.3) is 5.91 Å². The zero-order valence-electron chi connectivity index (χ0n) is 15.2. The first-order valence-corrected chi connectivity index (χ1v) is 9.31. The van der Waals surface area contributed by atoms with E-state index in [0.717, 1.165) is 38.4 Å². The molecule has 0 spiro atoms. The number of para-hydroxylation sites is 1. The average molecular weight is 370 g/mol. The largest absolute Gasteiger partial charge is 0.493 e. The summed E-state index contributed by atoms with van der Waals surface area (Å²) in [5.41, 5.74) is 2.56. The molecule has 0 atom stereocenters. The van der Waals surface area contributed by atoms with Crippen molar-refractivity contribution in [2.45, 2.75) is 13.0 Å². The van der Waals surface area contributed by atoms with Gasteiger partial charge in [0.1, 0.15) is 5.75 Å². The molecule has 0 aromatic heterocycles. The molecule has 1 saturated heterocycles. The highest BCUT2D eigenvalue weighted by molar-refractivity contribution is 5.77. The van der Waals surface area contributed by atoms with Crippen molar-refractivity contribution in [3.63, 3.8) is 0 Å². The number of fused-ring (bicyclic) bond motifs is 1. The van der Waals surface area contributed by atoms with Gasteiger partial charge in [0.2, 0.25) is 0 Å². The Morgan fingerprint density at radius 3 is 2.74 bits per heavy atom. The highest BCUT2D eigenvalue weighted by Crippen LogP contribution is 2.26. The molecule has 0 N–H and O–H groups in total.